The van der Waals surface area contributed by atoms with Crippen LogP contribution in [0.3, 0.4) is 0 Å². The predicted octanol–water partition coefficient (Wildman–Crippen LogP) is 2.82. The molecule has 0 aliphatic carbocycles. The summed E-state index contributed by atoms with van der Waals surface area (Å²) in [6.45, 7) is 5.67. The second-order valence-electron chi connectivity index (χ2n) is 4.44. The summed E-state index contributed by atoms with van der Waals surface area (Å²) in [6.07, 6.45) is 0. The maximum atomic E-state index is 12.2. The lowest BCUT2D eigenvalue weighted by Gasteiger charge is -2.17. The molecule has 1 rings (SSSR count). The molecule has 94 valence electrons. The Labute approximate surface area is 107 Å². The molecule has 0 heterocycles. The van der Waals surface area contributed by atoms with Crippen molar-refractivity contribution < 1.29 is 9.53 Å². The number of rotatable bonds is 4. The quantitative estimate of drug-likeness (QED) is 0.842. The molecule has 1 aromatic rings. The maximum Gasteiger partial charge on any atom is 0.183 e. The van der Waals surface area contributed by atoms with Crippen molar-refractivity contribution in [1.82, 2.24) is 0 Å². The molecular weight excluding hydrogens is 238 g/mol. The van der Waals surface area contributed by atoms with Crippen LogP contribution in [0.15, 0.2) is 12.1 Å². The summed E-state index contributed by atoms with van der Waals surface area (Å²) in [5.41, 5.74) is 7.16. The Hall–Kier alpha value is -1.06. The van der Waals surface area contributed by atoms with Gasteiger partial charge in [-0.2, -0.15) is 0 Å². The summed E-state index contributed by atoms with van der Waals surface area (Å²) in [5.74, 6) is 0.490. The van der Waals surface area contributed by atoms with Crippen LogP contribution in [0.1, 0.15) is 29.8 Å². The van der Waals surface area contributed by atoms with E-state index < -0.39 is 6.04 Å². The summed E-state index contributed by atoms with van der Waals surface area (Å²) in [7, 11) is 1.54. The zero-order valence-corrected chi connectivity index (χ0v) is 11.3. The minimum absolute atomic E-state index is 0.0755. The van der Waals surface area contributed by atoms with Crippen molar-refractivity contribution in [3.05, 3.63) is 28.3 Å². The van der Waals surface area contributed by atoms with Gasteiger partial charge in [0.2, 0.25) is 0 Å². The Balaban J connectivity index is 3.25. The fourth-order valence-corrected chi connectivity index (χ4v) is 1.94. The van der Waals surface area contributed by atoms with Gasteiger partial charge in [0, 0.05) is 5.02 Å². The summed E-state index contributed by atoms with van der Waals surface area (Å²) in [5, 5.41) is 0.516. The number of benzene rings is 1. The first kappa shape index (κ1) is 14.0. The van der Waals surface area contributed by atoms with Gasteiger partial charge in [0.15, 0.2) is 5.78 Å². The molecular formula is C13H18ClNO2. The molecule has 0 fully saturated rings. The van der Waals surface area contributed by atoms with E-state index in [1.807, 2.05) is 20.8 Å². The number of Topliss-reactive ketones (excluding diaryl/α,β-unsaturated/α-hetero) is 1. The number of ether oxygens (including phenoxy) is 1. The average Bonchev–Trinajstić information content (AvgIpc) is 2.25. The van der Waals surface area contributed by atoms with E-state index in [1.165, 1.54) is 7.11 Å². The van der Waals surface area contributed by atoms with Crippen molar-refractivity contribution in [3.8, 4) is 5.75 Å². The van der Waals surface area contributed by atoms with Crippen LogP contribution in [0.25, 0.3) is 0 Å². The van der Waals surface area contributed by atoms with Crippen LogP contribution in [-0.2, 0) is 0 Å². The monoisotopic (exact) mass is 255 g/mol. The van der Waals surface area contributed by atoms with Gasteiger partial charge in [-0.15, -0.1) is 0 Å². The van der Waals surface area contributed by atoms with E-state index in [9.17, 15) is 4.79 Å². The first-order valence-corrected chi connectivity index (χ1v) is 5.90. The molecule has 4 heteroatoms. The Kier molecular flexibility index (Phi) is 4.54. The normalized spacial score (nSPS) is 12.6. The van der Waals surface area contributed by atoms with Gasteiger partial charge in [0.1, 0.15) is 5.75 Å². The van der Waals surface area contributed by atoms with Crippen LogP contribution in [0.5, 0.6) is 5.75 Å². The van der Waals surface area contributed by atoms with Gasteiger partial charge in [0.05, 0.1) is 18.7 Å². The number of carbonyl (C=O) groups is 1. The topological polar surface area (TPSA) is 52.3 Å². The third-order valence-corrected chi connectivity index (χ3v) is 2.95. The number of methoxy groups -OCH3 is 1. The van der Waals surface area contributed by atoms with E-state index in [-0.39, 0.29) is 11.7 Å². The number of hydrogen-bond donors (Lipinski definition) is 1. The lowest BCUT2D eigenvalue weighted by atomic mass is 9.94. The molecule has 0 aliphatic heterocycles. The highest BCUT2D eigenvalue weighted by atomic mass is 35.5. The number of nitrogens with two attached hydrogens (primary N) is 1. The Morgan fingerprint density at radius 2 is 2.00 bits per heavy atom. The maximum absolute atomic E-state index is 12.2. The average molecular weight is 256 g/mol. The van der Waals surface area contributed by atoms with E-state index in [1.54, 1.807) is 12.1 Å². The van der Waals surface area contributed by atoms with Gasteiger partial charge in [-0.3, -0.25) is 4.79 Å². The van der Waals surface area contributed by atoms with Gasteiger partial charge < -0.3 is 10.5 Å². The standard InChI is InChI=1S/C13H18ClNO2/c1-7(2)11(15)12(16)10-6-9(14)5-8(3)13(10)17-4/h5-7,11H,15H2,1-4H3. The first-order valence-electron chi connectivity index (χ1n) is 5.52. The molecule has 0 aromatic heterocycles. The van der Waals surface area contributed by atoms with E-state index >= 15 is 0 Å². The molecule has 1 atom stereocenters. The first-order chi connectivity index (χ1) is 7.88. The van der Waals surface area contributed by atoms with Crippen molar-refractivity contribution in [1.29, 1.82) is 0 Å². The van der Waals surface area contributed by atoms with Crippen molar-refractivity contribution in [3.63, 3.8) is 0 Å². The number of carbonyl (C=O) groups excluding carboxylic acids is 1. The molecule has 0 saturated carbocycles. The summed E-state index contributed by atoms with van der Waals surface area (Å²) in [6, 6.07) is 2.83. The van der Waals surface area contributed by atoms with Crippen LogP contribution < -0.4 is 10.5 Å². The third-order valence-electron chi connectivity index (χ3n) is 2.73. The Morgan fingerprint density at radius 3 is 2.47 bits per heavy atom. The largest absolute Gasteiger partial charge is 0.496 e. The second-order valence-corrected chi connectivity index (χ2v) is 4.87. The number of ketones is 1. The second kappa shape index (κ2) is 5.52. The van der Waals surface area contributed by atoms with Crippen LogP contribution in [0.4, 0.5) is 0 Å². The van der Waals surface area contributed by atoms with Crippen LogP contribution >= 0.6 is 11.6 Å². The van der Waals surface area contributed by atoms with Crippen LogP contribution in [0, 0.1) is 12.8 Å². The Morgan fingerprint density at radius 1 is 1.41 bits per heavy atom. The minimum Gasteiger partial charge on any atom is -0.496 e. The summed E-state index contributed by atoms with van der Waals surface area (Å²) < 4.78 is 5.25. The van der Waals surface area contributed by atoms with Crippen LogP contribution in [0.2, 0.25) is 5.02 Å². The minimum atomic E-state index is -0.540. The van der Waals surface area contributed by atoms with E-state index in [0.717, 1.165) is 5.56 Å². The summed E-state index contributed by atoms with van der Waals surface area (Å²) in [4.78, 5) is 12.2. The van der Waals surface area contributed by atoms with Gasteiger partial charge >= 0.3 is 0 Å². The zero-order valence-electron chi connectivity index (χ0n) is 10.6. The molecule has 0 spiro atoms. The molecule has 2 N–H and O–H groups in total. The lowest BCUT2D eigenvalue weighted by Crippen LogP contribution is -2.35. The van der Waals surface area contributed by atoms with E-state index in [0.29, 0.717) is 16.3 Å². The predicted molar refractivity (Wildman–Crippen MR) is 69.9 cm³/mol. The molecule has 0 saturated heterocycles. The van der Waals surface area contributed by atoms with E-state index in [4.69, 9.17) is 22.1 Å². The highest BCUT2D eigenvalue weighted by Crippen LogP contribution is 2.29. The number of halogens is 1. The highest BCUT2D eigenvalue weighted by Gasteiger charge is 2.23. The number of hydrogen-bond acceptors (Lipinski definition) is 3. The molecule has 17 heavy (non-hydrogen) atoms. The van der Waals surface area contributed by atoms with Crippen molar-refractivity contribution in [2.45, 2.75) is 26.8 Å². The van der Waals surface area contributed by atoms with Crippen molar-refractivity contribution in [2.24, 2.45) is 11.7 Å². The zero-order chi connectivity index (χ0) is 13.2. The molecule has 0 aliphatic rings. The molecule has 1 unspecified atom stereocenters. The van der Waals surface area contributed by atoms with Gasteiger partial charge in [-0.05, 0) is 30.5 Å². The summed E-state index contributed by atoms with van der Waals surface area (Å²) >= 11 is 5.96. The molecule has 0 bridgehead atoms. The fourth-order valence-electron chi connectivity index (χ4n) is 1.67. The third kappa shape index (κ3) is 2.99. The lowest BCUT2D eigenvalue weighted by molar-refractivity contribution is 0.0937. The van der Waals surface area contributed by atoms with Crippen LogP contribution in [-0.4, -0.2) is 18.9 Å². The molecule has 0 radical (unpaired) electrons. The van der Waals surface area contributed by atoms with Gasteiger partial charge in [0.25, 0.3) is 0 Å². The molecule has 1 aromatic carbocycles. The molecule has 3 nitrogen and oxygen atoms in total. The van der Waals surface area contributed by atoms with Crippen molar-refractivity contribution >= 4 is 17.4 Å². The van der Waals surface area contributed by atoms with Gasteiger partial charge in [-0.1, -0.05) is 25.4 Å². The Bertz CT molecular complexity index is 430. The smallest absolute Gasteiger partial charge is 0.183 e. The highest BCUT2D eigenvalue weighted by molar-refractivity contribution is 6.31. The number of aryl methyl sites for hydroxylation is 1. The van der Waals surface area contributed by atoms with E-state index in [2.05, 4.69) is 0 Å². The van der Waals surface area contributed by atoms with Gasteiger partial charge in [-0.25, -0.2) is 0 Å². The van der Waals surface area contributed by atoms with Crippen molar-refractivity contribution in [2.75, 3.05) is 7.11 Å². The fraction of sp³-hybridized carbons (Fsp3) is 0.462. The molecule has 0 amide bonds. The SMILES string of the molecule is COc1c(C)cc(Cl)cc1C(=O)C(N)C(C)C.